The minimum absolute atomic E-state index is 0.298. The fourth-order valence-corrected chi connectivity index (χ4v) is 2.64. The van der Waals surface area contributed by atoms with Crippen molar-refractivity contribution < 1.29 is 14.6 Å². The van der Waals surface area contributed by atoms with Crippen LogP contribution in [0.15, 0.2) is 48.7 Å². The summed E-state index contributed by atoms with van der Waals surface area (Å²) in [5.74, 6) is -0.0645. The average molecular weight is 295 g/mol. The molecule has 0 atom stereocenters. The van der Waals surface area contributed by atoms with Gasteiger partial charge in [-0.2, -0.15) is 0 Å². The van der Waals surface area contributed by atoms with Gasteiger partial charge in [-0.15, -0.1) is 0 Å². The van der Waals surface area contributed by atoms with Crippen molar-refractivity contribution in [3.63, 3.8) is 0 Å². The summed E-state index contributed by atoms with van der Waals surface area (Å²) in [4.78, 5) is 11.1. The minimum atomic E-state index is -0.911. The Balaban J connectivity index is 2.09. The summed E-state index contributed by atoms with van der Waals surface area (Å²) in [5, 5.41) is 10.2. The van der Waals surface area contributed by atoms with Crippen LogP contribution in [0.1, 0.15) is 17.3 Å². The maximum absolute atomic E-state index is 11.1. The summed E-state index contributed by atoms with van der Waals surface area (Å²) in [6.45, 7) is 2.60. The third kappa shape index (κ3) is 2.44. The molecule has 0 unspecified atom stereocenters. The number of fused-ring (bicyclic) bond motifs is 1. The highest BCUT2D eigenvalue weighted by molar-refractivity contribution is 6.00. The number of carboxylic acids is 1. The molecule has 0 fully saturated rings. The molecule has 0 bridgehead atoms. The lowest BCUT2D eigenvalue weighted by molar-refractivity contribution is 0.0697. The lowest BCUT2D eigenvalue weighted by atomic mass is 10.0. The van der Waals surface area contributed by atoms with Crippen LogP contribution < -0.4 is 4.74 Å². The average Bonchev–Trinajstić information content (AvgIpc) is 2.85. The van der Waals surface area contributed by atoms with Crippen LogP contribution in [0, 0.1) is 0 Å². The Morgan fingerprint density at radius 2 is 1.91 bits per heavy atom. The van der Waals surface area contributed by atoms with Crippen LogP contribution >= 0.6 is 0 Å². The fourth-order valence-electron chi connectivity index (χ4n) is 2.64. The van der Waals surface area contributed by atoms with Crippen molar-refractivity contribution in [2.75, 3.05) is 6.61 Å². The highest BCUT2D eigenvalue weighted by atomic mass is 16.5. The van der Waals surface area contributed by atoms with E-state index in [0.29, 0.717) is 12.2 Å². The number of carboxylic acid groups (broad SMARTS) is 1. The van der Waals surface area contributed by atoms with Gasteiger partial charge in [0.05, 0.1) is 12.2 Å². The van der Waals surface area contributed by atoms with Gasteiger partial charge in [-0.1, -0.05) is 18.2 Å². The number of carbonyl (C=O) groups is 1. The molecule has 0 radical (unpaired) electrons. The second-order valence-electron chi connectivity index (χ2n) is 5.15. The number of aromatic nitrogens is 1. The lowest BCUT2D eigenvalue weighted by Gasteiger charge is -2.04. The first kappa shape index (κ1) is 14.2. The van der Waals surface area contributed by atoms with Gasteiger partial charge in [-0.3, -0.25) is 0 Å². The van der Waals surface area contributed by atoms with E-state index in [4.69, 9.17) is 9.84 Å². The molecule has 1 aromatic heterocycles. The second kappa shape index (κ2) is 5.56. The Hall–Kier alpha value is -2.75. The van der Waals surface area contributed by atoms with E-state index in [0.717, 1.165) is 27.8 Å². The van der Waals surface area contributed by atoms with Gasteiger partial charge < -0.3 is 14.4 Å². The smallest absolute Gasteiger partial charge is 0.335 e. The predicted molar refractivity (Wildman–Crippen MR) is 86.5 cm³/mol. The number of ether oxygens (including phenoxy) is 1. The third-order valence-corrected chi connectivity index (χ3v) is 3.71. The number of rotatable bonds is 4. The van der Waals surface area contributed by atoms with Gasteiger partial charge in [0.2, 0.25) is 0 Å². The summed E-state index contributed by atoms with van der Waals surface area (Å²) in [7, 11) is 1.92. The van der Waals surface area contributed by atoms with Gasteiger partial charge in [0.1, 0.15) is 5.75 Å². The fraction of sp³-hybridized carbons (Fsp3) is 0.167. The maximum atomic E-state index is 11.1. The van der Waals surface area contributed by atoms with E-state index in [1.165, 1.54) is 0 Å². The van der Waals surface area contributed by atoms with E-state index in [-0.39, 0.29) is 0 Å². The molecule has 4 nitrogen and oxygen atoms in total. The number of hydrogen-bond donors (Lipinski definition) is 1. The molecule has 0 aliphatic rings. The van der Waals surface area contributed by atoms with Crippen LogP contribution in [-0.2, 0) is 7.05 Å². The van der Waals surface area contributed by atoms with Gasteiger partial charge in [-0.05, 0) is 36.8 Å². The molecule has 22 heavy (non-hydrogen) atoms. The summed E-state index contributed by atoms with van der Waals surface area (Å²) in [5.41, 5.74) is 3.37. The molecule has 0 saturated heterocycles. The third-order valence-electron chi connectivity index (χ3n) is 3.71. The van der Waals surface area contributed by atoms with E-state index in [2.05, 4.69) is 0 Å². The van der Waals surface area contributed by atoms with E-state index < -0.39 is 5.97 Å². The molecular weight excluding hydrogens is 278 g/mol. The number of hydrogen-bond acceptors (Lipinski definition) is 2. The van der Waals surface area contributed by atoms with Crippen LogP contribution in [0.5, 0.6) is 5.75 Å². The Labute approximate surface area is 128 Å². The van der Waals surface area contributed by atoms with Gasteiger partial charge in [0, 0.05) is 29.7 Å². The summed E-state index contributed by atoms with van der Waals surface area (Å²) in [6.07, 6.45) is 2.02. The van der Waals surface area contributed by atoms with Crippen molar-refractivity contribution in [3.8, 4) is 16.9 Å². The Bertz CT molecular complexity index is 831. The van der Waals surface area contributed by atoms with Crippen LogP contribution in [0.3, 0.4) is 0 Å². The Morgan fingerprint density at radius 3 is 2.55 bits per heavy atom. The number of aromatic carboxylic acids is 1. The highest BCUT2D eigenvalue weighted by Gasteiger charge is 2.11. The highest BCUT2D eigenvalue weighted by Crippen LogP contribution is 2.31. The second-order valence-corrected chi connectivity index (χ2v) is 5.15. The Kier molecular flexibility index (Phi) is 3.59. The topological polar surface area (TPSA) is 51.5 Å². The van der Waals surface area contributed by atoms with Crippen LogP contribution in [0.2, 0.25) is 0 Å². The first-order chi connectivity index (χ1) is 10.6. The number of nitrogens with zero attached hydrogens (tertiary/aromatic N) is 1. The quantitative estimate of drug-likeness (QED) is 0.793. The standard InChI is InChI=1S/C18H17NO3/c1-3-22-14-7-4-12(5-8-14)16-11-19(2)17-10-13(18(20)21)6-9-15(16)17/h4-11H,3H2,1-2H3,(H,20,21). The Morgan fingerprint density at radius 1 is 1.18 bits per heavy atom. The van der Waals surface area contributed by atoms with Crippen molar-refractivity contribution in [2.24, 2.45) is 7.05 Å². The lowest BCUT2D eigenvalue weighted by Crippen LogP contribution is -1.96. The summed E-state index contributed by atoms with van der Waals surface area (Å²) in [6, 6.07) is 13.1. The molecule has 3 rings (SSSR count). The molecule has 0 amide bonds. The van der Waals surface area contributed by atoms with E-state index in [1.807, 2.05) is 55.1 Å². The van der Waals surface area contributed by atoms with Gasteiger partial charge >= 0.3 is 5.97 Å². The first-order valence-corrected chi connectivity index (χ1v) is 7.15. The van der Waals surface area contributed by atoms with Crippen LogP contribution in [-0.4, -0.2) is 22.2 Å². The molecule has 4 heteroatoms. The molecule has 0 spiro atoms. The zero-order valence-electron chi connectivity index (χ0n) is 12.5. The molecule has 0 aliphatic heterocycles. The molecule has 112 valence electrons. The molecule has 0 aliphatic carbocycles. The molecule has 1 N–H and O–H groups in total. The molecule has 2 aromatic carbocycles. The molecule has 1 heterocycles. The summed E-state index contributed by atoms with van der Waals surface area (Å²) >= 11 is 0. The first-order valence-electron chi connectivity index (χ1n) is 7.15. The van der Waals surface area contributed by atoms with Crippen molar-refractivity contribution in [3.05, 3.63) is 54.2 Å². The van der Waals surface area contributed by atoms with Gasteiger partial charge in [-0.25, -0.2) is 4.79 Å². The molecule has 0 saturated carbocycles. The van der Waals surface area contributed by atoms with E-state index in [9.17, 15) is 4.79 Å². The molecule has 3 aromatic rings. The largest absolute Gasteiger partial charge is 0.494 e. The van der Waals surface area contributed by atoms with Gasteiger partial charge in [0.15, 0.2) is 0 Å². The SMILES string of the molecule is CCOc1ccc(-c2cn(C)c3cc(C(=O)O)ccc23)cc1. The minimum Gasteiger partial charge on any atom is -0.494 e. The van der Waals surface area contributed by atoms with Crippen LogP contribution in [0.25, 0.3) is 22.0 Å². The van der Waals surface area contributed by atoms with Crippen molar-refractivity contribution in [1.82, 2.24) is 4.57 Å². The number of benzene rings is 2. The maximum Gasteiger partial charge on any atom is 0.335 e. The van der Waals surface area contributed by atoms with Crippen LogP contribution in [0.4, 0.5) is 0 Å². The van der Waals surface area contributed by atoms with E-state index in [1.54, 1.807) is 12.1 Å². The zero-order chi connectivity index (χ0) is 15.7. The van der Waals surface area contributed by atoms with Crippen molar-refractivity contribution >= 4 is 16.9 Å². The monoisotopic (exact) mass is 295 g/mol. The summed E-state index contributed by atoms with van der Waals surface area (Å²) < 4.78 is 7.41. The predicted octanol–water partition coefficient (Wildman–Crippen LogP) is 3.94. The van der Waals surface area contributed by atoms with Crippen molar-refractivity contribution in [1.29, 1.82) is 0 Å². The molecular formula is C18H17NO3. The zero-order valence-corrected chi connectivity index (χ0v) is 12.5. The normalized spacial score (nSPS) is 10.8. The van der Waals surface area contributed by atoms with E-state index >= 15 is 0 Å². The van der Waals surface area contributed by atoms with Crippen molar-refractivity contribution in [2.45, 2.75) is 6.92 Å². The number of aryl methyl sites for hydroxylation is 1. The van der Waals surface area contributed by atoms with Gasteiger partial charge in [0.25, 0.3) is 0 Å².